The number of phenols is 1. The number of carbonyl (C=O) groups excluding carboxylic acids is 19. The number of nitrogens with zero attached hydrogens (tertiary/aromatic N) is 3. The molecular formula is C97H164N24O26. The highest BCUT2D eigenvalue weighted by Crippen LogP contribution is 2.26. The molecule has 31 N–H and O–H groups in total. The number of carbonyl (C=O) groups is 21. The third kappa shape index (κ3) is 43.1. The van der Waals surface area contributed by atoms with Crippen LogP contribution >= 0.6 is 0 Å². The highest BCUT2D eigenvalue weighted by molar-refractivity contribution is 6.02. The number of benzene rings is 1. The number of hydrogen-bond acceptors (Lipinski definition) is 29. The average Bonchev–Trinajstić information content (AvgIpc) is 1.03. The fourth-order valence-electron chi connectivity index (χ4n) is 17.2. The molecule has 19 amide bonds. The largest absolute Gasteiger partial charge is 0.508 e. The lowest BCUT2D eigenvalue weighted by atomic mass is 9.95. The van der Waals surface area contributed by atoms with Crippen LogP contribution < -0.4 is 114 Å². The Hall–Kier alpha value is -12.4. The Balaban J connectivity index is 1.51. The van der Waals surface area contributed by atoms with Gasteiger partial charge in [-0.1, -0.05) is 94.2 Å². The van der Waals surface area contributed by atoms with Gasteiger partial charge in [-0.15, -0.1) is 0 Å². The van der Waals surface area contributed by atoms with Crippen LogP contribution in [0.4, 0.5) is 0 Å². The predicted octanol–water partition coefficient (Wildman–Crippen LogP) is -5.81. The molecule has 3 aliphatic heterocycles. The predicted molar refractivity (Wildman–Crippen MR) is 537 cm³/mol. The molecule has 0 aliphatic carbocycles. The summed E-state index contributed by atoms with van der Waals surface area (Å²) in [5, 5.41) is 91.1. The van der Waals surface area contributed by atoms with E-state index in [1.807, 2.05) is 0 Å². The number of amides is 19. The Morgan fingerprint density at radius 2 is 0.728 bits per heavy atom. The number of likely N-dealkylation sites (tertiary alicyclic amines) is 3. The maximum absolute atomic E-state index is 15.0. The summed E-state index contributed by atoms with van der Waals surface area (Å²) in [6.07, 6.45) is 4.04. The third-order valence-corrected chi connectivity index (χ3v) is 25.6. The number of phenolic OH excluding ortho intramolecular Hbond substituents is 1. The van der Waals surface area contributed by atoms with Gasteiger partial charge in [0.15, 0.2) is 0 Å². The van der Waals surface area contributed by atoms with Gasteiger partial charge in [-0.2, -0.15) is 0 Å². The van der Waals surface area contributed by atoms with Crippen LogP contribution in [-0.4, -0.2) is 345 Å². The van der Waals surface area contributed by atoms with Gasteiger partial charge in [0.1, 0.15) is 108 Å². The van der Waals surface area contributed by atoms with Crippen molar-refractivity contribution in [2.45, 2.75) is 346 Å². The first-order valence-electron chi connectivity index (χ1n) is 51.2. The van der Waals surface area contributed by atoms with Crippen LogP contribution in [0.1, 0.15) is 236 Å². The van der Waals surface area contributed by atoms with E-state index in [4.69, 9.17) is 28.7 Å². The Morgan fingerprint density at radius 1 is 0.361 bits per heavy atom. The number of aliphatic carboxylic acids is 2. The fourth-order valence-corrected chi connectivity index (χ4v) is 17.2. The molecule has 0 aromatic heterocycles. The molecular weight excluding hydrogens is 1920 g/mol. The molecule has 50 nitrogen and oxygen atoms in total. The van der Waals surface area contributed by atoms with Gasteiger partial charge >= 0.3 is 11.9 Å². The summed E-state index contributed by atoms with van der Waals surface area (Å²) in [5.41, 5.74) is 29.5. The first-order chi connectivity index (χ1) is 69.5. The minimum absolute atomic E-state index is 0.0000974. The zero-order chi connectivity index (χ0) is 110. The SMILES string of the molecule is CC[C@H](C)[C@H](NC(=O)[C@H](CC(C)C)NC(=O)[C@H](CC(C)C)NC(=O)[C@H](CCCCN)NC(=O)[C@@H]1CCCN1C(=O)[C@H](C)NC(=O)[C@H](CCCCN)NC(=O)CNC(=O)[C@@H]1CCCN1C(=O)[C@@H](N)CCCCN)C(=O)N[C@@H](Cc1ccc(O)cc1)C(=O)N[C@@H](CC(=O)O)C(=O)N[C@@H](C)C(=O)N[C@@H](CO)C(=O)N[C@@H](CCCCN)C(=O)N[C@@H](CC(C)C)C(=O)N1CCC[C@H]1C(=O)N[C@@H](CO)C(=O)NCC(=O)N[C@H](C(=O)O)C(C)C. The summed E-state index contributed by atoms with van der Waals surface area (Å²) in [6, 6.07) is -20.0. The van der Waals surface area contributed by atoms with Crippen molar-refractivity contribution in [1.82, 2.24) is 99.8 Å². The number of carboxylic acids is 2. The molecule has 0 spiro atoms. The molecule has 1 aromatic rings. The van der Waals surface area contributed by atoms with E-state index >= 15 is 0 Å². The summed E-state index contributed by atoms with van der Waals surface area (Å²) in [5.74, 6) is -21.9. The van der Waals surface area contributed by atoms with E-state index in [-0.39, 0.29) is 133 Å². The van der Waals surface area contributed by atoms with Crippen LogP contribution in [0.3, 0.4) is 0 Å². The lowest BCUT2D eigenvalue weighted by Crippen LogP contribution is -2.62. The van der Waals surface area contributed by atoms with E-state index in [0.717, 1.165) is 6.92 Å². The molecule has 3 fully saturated rings. The normalized spacial score (nSPS) is 17.8. The summed E-state index contributed by atoms with van der Waals surface area (Å²) in [7, 11) is 0. The van der Waals surface area contributed by atoms with Crippen molar-refractivity contribution < 1.29 is 126 Å². The van der Waals surface area contributed by atoms with Crippen LogP contribution in [0, 0.1) is 29.6 Å². The quantitative estimate of drug-likeness (QED) is 0.0270. The summed E-state index contributed by atoms with van der Waals surface area (Å²) in [4.78, 5) is 296. The molecule has 1 aromatic carbocycles. The van der Waals surface area contributed by atoms with Crippen LogP contribution in [-0.2, 0) is 107 Å². The number of nitrogens with one attached hydrogen (secondary N) is 16. The molecule has 828 valence electrons. The zero-order valence-electron chi connectivity index (χ0n) is 86.9. The second-order valence-corrected chi connectivity index (χ2v) is 39.6. The van der Waals surface area contributed by atoms with Gasteiger partial charge in [0.05, 0.1) is 38.8 Å². The van der Waals surface area contributed by atoms with E-state index < -0.39 is 278 Å². The van der Waals surface area contributed by atoms with Gasteiger partial charge in [-0.25, -0.2) is 4.79 Å². The van der Waals surface area contributed by atoms with Gasteiger partial charge in [0, 0.05) is 26.1 Å². The van der Waals surface area contributed by atoms with Crippen LogP contribution in [0.25, 0.3) is 0 Å². The molecule has 3 saturated heterocycles. The third-order valence-electron chi connectivity index (χ3n) is 25.6. The summed E-state index contributed by atoms with van der Waals surface area (Å²) >= 11 is 0. The number of hydrogen-bond donors (Lipinski definition) is 26. The number of nitrogens with two attached hydrogens (primary N) is 5. The molecule has 147 heavy (non-hydrogen) atoms. The average molecular weight is 2080 g/mol. The lowest BCUT2D eigenvalue weighted by molar-refractivity contribution is -0.143. The van der Waals surface area contributed by atoms with Crippen molar-refractivity contribution in [3.63, 3.8) is 0 Å². The van der Waals surface area contributed by atoms with Crippen molar-refractivity contribution in [3.8, 4) is 5.75 Å². The number of carboxylic acid groups (broad SMARTS) is 2. The van der Waals surface area contributed by atoms with E-state index in [9.17, 15) is 126 Å². The van der Waals surface area contributed by atoms with E-state index in [0.29, 0.717) is 89.3 Å². The zero-order valence-corrected chi connectivity index (χ0v) is 86.9. The van der Waals surface area contributed by atoms with Crippen molar-refractivity contribution in [1.29, 1.82) is 0 Å². The number of aliphatic hydroxyl groups is 2. The number of aromatic hydroxyl groups is 1. The van der Waals surface area contributed by atoms with Crippen molar-refractivity contribution >= 4 is 124 Å². The highest BCUT2D eigenvalue weighted by Gasteiger charge is 2.45. The minimum atomic E-state index is -2.04. The van der Waals surface area contributed by atoms with E-state index in [2.05, 4.69) is 85.1 Å². The van der Waals surface area contributed by atoms with Gasteiger partial charge in [0.25, 0.3) is 0 Å². The van der Waals surface area contributed by atoms with Gasteiger partial charge in [-0.05, 0) is 216 Å². The van der Waals surface area contributed by atoms with Gasteiger partial charge in [-0.3, -0.25) is 95.9 Å². The van der Waals surface area contributed by atoms with Gasteiger partial charge in [0.2, 0.25) is 112 Å². The van der Waals surface area contributed by atoms with Crippen molar-refractivity contribution in [2.75, 3.05) is 72.1 Å². The number of aliphatic hydroxyl groups excluding tert-OH is 2. The molecule has 0 saturated carbocycles. The Kier molecular flexibility index (Phi) is 56.4. The van der Waals surface area contributed by atoms with Gasteiger partial charge < -0.3 is 154 Å². The molecule has 0 bridgehead atoms. The Morgan fingerprint density at radius 3 is 1.20 bits per heavy atom. The highest BCUT2D eigenvalue weighted by atomic mass is 16.4. The summed E-state index contributed by atoms with van der Waals surface area (Å²) < 4.78 is 0. The number of unbranched alkanes of at least 4 members (excludes halogenated alkanes) is 4. The fraction of sp³-hybridized carbons (Fsp3) is 0.722. The topological polar surface area (TPSA) is 792 Å². The molecule has 4 rings (SSSR count). The molecule has 3 aliphatic rings. The van der Waals surface area contributed by atoms with Crippen LogP contribution in [0.5, 0.6) is 5.75 Å². The van der Waals surface area contributed by atoms with E-state index in [1.54, 1.807) is 69.2 Å². The first-order valence-corrected chi connectivity index (χ1v) is 51.2. The molecule has 19 atom stereocenters. The number of rotatable bonds is 67. The second-order valence-electron chi connectivity index (χ2n) is 39.6. The van der Waals surface area contributed by atoms with E-state index in [1.165, 1.54) is 45.9 Å². The van der Waals surface area contributed by atoms with Crippen molar-refractivity contribution in [2.24, 2.45) is 58.3 Å². The Labute approximate surface area is 858 Å². The molecule has 50 heteroatoms. The summed E-state index contributed by atoms with van der Waals surface area (Å²) in [6.45, 7) is 17.5. The second kappa shape index (κ2) is 65.4. The molecule has 0 radical (unpaired) electrons. The standard InChI is InChI=1S/C97H164N24O26/c1-13-56(10)79(118-88(137)66(44-53(4)5)111-86(135)65(43-52(2)3)110-83(132)64(28-17-21-39-101)109-91(140)73-30-23-40-119(73)94(143)58(12)106-82(131)62(26-15-19-37-99)107-75(125)48-104-90(139)72-29-22-41-120(72)95(144)61(102)25-14-18-36-98)93(142)113-67(46-59-32-34-60(124)35-33-59)87(136)112-68(47-77(127)128)85(134)105-57(11)80(129)115-71(51-123)89(138)108-63(27-16-20-38-100)84(133)114-69(45-54(6)7)96(145)121-42-24-31-74(121)92(141)116-70(50-122)81(130)103-49-76(126)117-78(55(8)9)97(146)147/h32-35,52-58,61-74,78-79,122-124H,13-31,36-51,98-102H2,1-12H3,(H,103,130)(H,104,139)(H,105,134)(H,106,131)(H,107,125)(H,108,138)(H,109,140)(H,110,132)(H,111,135)(H,112,136)(H,113,142)(H,114,133)(H,115,129)(H,116,141)(H,117,126)(H,118,137)(H,127,128)(H,146,147)/t56-,57-,58-,61-,62-,63-,64-,65-,66-,67-,68-,69-,70-,71-,72-,73-,74-,78-,79-/m0/s1. The molecule has 3 heterocycles. The Bertz CT molecular complexity index is 4550. The van der Waals surface area contributed by atoms with Crippen molar-refractivity contribution in [3.05, 3.63) is 29.8 Å². The smallest absolute Gasteiger partial charge is 0.326 e. The maximum atomic E-state index is 15.0. The maximum Gasteiger partial charge on any atom is 0.326 e. The van der Waals surface area contributed by atoms with Crippen LogP contribution in [0.2, 0.25) is 0 Å². The minimum Gasteiger partial charge on any atom is -0.508 e. The lowest BCUT2D eigenvalue weighted by Gasteiger charge is -2.31. The van der Waals surface area contributed by atoms with Crippen LogP contribution in [0.15, 0.2) is 24.3 Å². The monoisotopic (exact) mass is 2080 g/mol. The first kappa shape index (κ1) is 127. The molecule has 0 unspecified atom stereocenters.